The van der Waals surface area contributed by atoms with Gasteiger partial charge in [0.2, 0.25) is 5.56 Å². The van der Waals surface area contributed by atoms with Crippen molar-refractivity contribution in [2.45, 2.75) is 32.4 Å². The van der Waals surface area contributed by atoms with Crippen molar-refractivity contribution in [2.75, 3.05) is 36.6 Å². The monoisotopic (exact) mass is 433 g/mol. The van der Waals surface area contributed by atoms with Crippen LogP contribution >= 0.6 is 0 Å². The minimum atomic E-state index is -0.140. The Morgan fingerprint density at radius 1 is 1.12 bits per heavy atom. The minimum absolute atomic E-state index is 0.140. The van der Waals surface area contributed by atoms with Crippen molar-refractivity contribution in [3.63, 3.8) is 0 Å². The molecule has 0 radical (unpaired) electrons. The van der Waals surface area contributed by atoms with Crippen molar-refractivity contribution in [3.05, 3.63) is 64.1 Å². The fourth-order valence-electron chi connectivity index (χ4n) is 4.23. The molecule has 0 bridgehead atoms. The zero-order valence-electron chi connectivity index (χ0n) is 18.1. The molecule has 2 N–H and O–H groups in total. The number of rotatable bonds is 5. The summed E-state index contributed by atoms with van der Waals surface area (Å²) in [7, 11) is 0. The Labute approximate surface area is 186 Å². The smallest absolute Gasteiger partial charge is 0.249 e. The molecule has 2 aliphatic rings. The first kappa shape index (κ1) is 20.7. The molecule has 1 aromatic carbocycles. The largest absolute Gasteiger partial charge is 0.377 e. The molecule has 3 aromatic rings. The van der Waals surface area contributed by atoms with Gasteiger partial charge in [-0.1, -0.05) is 13.0 Å². The number of H-pyrrole nitrogens is 1. The number of aromatic nitrogens is 3. The molecule has 1 unspecified atom stereocenters. The highest BCUT2D eigenvalue weighted by Crippen LogP contribution is 2.31. The molecule has 32 heavy (non-hydrogen) atoms. The average molecular weight is 434 g/mol. The SMILES string of the molecule is CCC1COCCN1c1nc(-c2ccc(Nc3cccc(=O)[nH]3)cc2)nc2c1COCC2. The predicted octanol–water partition coefficient (Wildman–Crippen LogP) is 3.26. The third kappa shape index (κ3) is 4.24. The summed E-state index contributed by atoms with van der Waals surface area (Å²) >= 11 is 0. The normalized spacial score (nSPS) is 18.3. The number of aromatic amines is 1. The van der Waals surface area contributed by atoms with Crippen molar-refractivity contribution in [1.29, 1.82) is 0 Å². The Balaban J connectivity index is 1.47. The van der Waals surface area contributed by atoms with E-state index in [0.29, 0.717) is 38.3 Å². The molecule has 8 heteroatoms. The van der Waals surface area contributed by atoms with Gasteiger partial charge in [-0.15, -0.1) is 0 Å². The van der Waals surface area contributed by atoms with Crippen molar-refractivity contribution in [1.82, 2.24) is 15.0 Å². The van der Waals surface area contributed by atoms with Crippen LogP contribution in [0.4, 0.5) is 17.3 Å². The van der Waals surface area contributed by atoms with E-state index in [9.17, 15) is 4.79 Å². The predicted molar refractivity (Wildman–Crippen MR) is 123 cm³/mol. The lowest BCUT2D eigenvalue weighted by molar-refractivity contribution is 0.0901. The van der Waals surface area contributed by atoms with Crippen LogP contribution in [0, 0.1) is 0 Å². The molecule has 5 rings (SSSR count). The van der Waals surface area contributed by atoms with Gasteiger partial charge in [0.15, 0.2) is 5.82 Å². The lowest BCUT2D eigenvalue weighted by Crippen LogP contribution is -2.46. The third-order valence-corrected chi connectivity index (χ3v) is 5.96. The first-order chi connectivity index (χ1) is 15.7. The Hall–Kier alpha value is -3.23. The molecular weight excluding hydrogens is 406 g/mol. The lowest BCUT2D eigenvalue weighted by Gasteiger charge is -2.38. The van der Waals surface area contributed by atoms with Gasteiger partial charge >= 0.3 is 0 Å². The molecule has 2 aromatic heterocycles. The summed E-state index contributed by atoms with van der Waals surface area (Å²) < 4.78 is 11.5. The highest BCUT2D eigenvalue weighted by Gasteiger charge is 2.28. The molecule has 1 saturated heterocycles. The summed E-state index contributed by atoms with van der Waals surface area (Å²) in [5.74, 6) is 2.35. The quantitative estimate of drug-likeness (QED) is 0.638. The van der Waals surface area contributed by atoms with Gasteiger partial charge in [-0.3, -0.25) is 4.79 Å². The molecule has 2 aliphatic heterocycles. The maximum atomic E-state index is 11.5. The van der Waals surface area contributed by atoms with Gasteiger partial charge in [-0.25, -0.2) is 9.97 Å². The van der Waals surface area contributed by atoms with E-state index in [1.54, 1.807) is 6.07 Å². The zero-order chi connectivity index (χ0) is 21.9. The van der Waals surface area contributed by atoms with Gasteiger partial charge in [0.1, 0.15) is 11.6 Å². The topological polar surface area (TPSA) is 92.4 Å². The molecule has 0 spiro atoms. The van der Waals surface area contributed by atoms with Crippen LogP contribution in [0.25, 0.3) is 11.4 Å². The van der Waals surface area contributed by atoms with Crippen molar-refractivity contribution >= 4 is 17.3 Å². The van der Waals surface area contributed by atoms with Crippen LogP contribution in [0.2, 0.25) is 0 Å². The number of ether oxygens (including phenoxy) is 2. The standard InChI is InChI=1S/C24H27N5O3/c1-2-18-14-32-13-11-29(18)24-19-15-31-12-10-20(19)26-23(28-24)16-6-8-17(9-7-16)25-21-4-3-5-22(30)27-21/h3-9,18H,2,10-15H2,1H3,(H2,25,27,30). The van der Waals surface area contributed by atoms with E-state index < -0.39 is 0 Å². The third-order valence-electron chi connectivity index (χ3n) is 5.96. The van der Waals surface area contributed by atoms with Crippen LogP contribution in [-0.4, -0.2) is 47.4 Å². The van der Waals surface area contributed by atoms with Crippen LogP contribution in [0.3, 0.4) is 0 Å². The molecule has 0 amide bonds. The Kier molecular flexibility index (Phi) is 5.87. The van der Waals surface area contributed by atoms with Gasteiger partial charge in [0, 0.05) is 35.8 Å². The van der Waals surface area contributed by atoms with E-state index in [4.69, 9.17) is 19.4 Å². The number of pyridine rings is 1. The molecule has 1 atom stereocenters. The zero-order valence-corrected chi connectivity index (χ0v) is 18.1. The number of morpholine rings is 1. The van der Waals surface area contributed by atoms with Crippen molar-refractivity contribution < 1.29 is 9.47 Å². The van der Waals surface area contributed by atoms with Crippen LogP contribution in [0.15, 0.2) is 47.3 Å². The maximum absolute atomic E-state index is 11.5. The summed E-state index contributed by atoms with van der Waals surface area (Å²) in [5, 5.41) is 3.21. The summed E-state index contributed by atoms with van der Waals surface area (Å²) in [6, 6.07) is 13.3. The van der Waals surface area contributed by atoms with Crippen LogP contribution in [-0.2, 0) is 22.5 Å². The van der Waals surface area contributed by atoms with E-state index in [1.165, 1.54) is 6.07 Å². The number of benzene rings is 1. The van der Waals surface area contributed by atoms with E-state index in [2.05, 4.69) is 22.1 Å². The Bertz CT molecular complexity index is 1150. The summed E-state index contributed by atoms with van der Waals surface area (Å²) in [6.45, 7) is 5.65. The second-order valence-corrected chi connectivity index (χ2v) is 8.06. The fraction of sp³-hybridized carbons (Fsp3) is 0.375. The molecule has 0 saturated carbocycles. The molecule has 4 heterocycles. The van der Waals surface area contributed by atoms with Gasteiger partial charge < -0.3 is 24.7 Å². The second-order valence-electron chi connectivity index (χ2n) is 8.06. The van der Waals surface area contributed by atoms with E-state index in [0.717, 1.165) is 53.5 Å². The minimum Gasteiger partial charge on any atom is -0.377 e. The highest BCUT2D eigenvalue weighted by molar-refractivity contribution is 5.65. The summed E-state index contributed by atoms with van der Waals surface area (Å²) in [4.78, 5) is 26.6. The van der Waals surface area contributed by atoms with Gasteiger partial charge in [0.05, 0.1) is 38.2 Å². The van der Waals surface area contributed by atoms with Crippen LogP contribution in [0.1, 0.15) is 24.6 Å². The van der Waals surface area contributed by atoms with E-state index >= 15 is 0 Å². The first-order valence-electron chi connectivity index (χ1n) is 11.1. The number of fused-ring (bicyclic) bond motifs is 1. The molecular formula is C24H27N5O3. The number of nitrogens with zero attached hydrogens (tertiary/aromatic N) is 3. The van der Waals surface area contributed by atoms with E-state index in [-0.39, 0.29) is 5.56 Å². The molecule has 1 fully saturated rings. The number of hydrogen-bond donors (Lipinski definition) is 2. The second kappa shape index (κ2) is 9.10. The van der Waals surface area contributed by atoms with Gasteiger partial charge in [-0.05, 0) is 36.8 Å². The Morgan fingerprint density at radius 2 is 2.00 bits per heavy atom. The van der Waals surface area contributed by atoms with Crippen LogP contribution < -0.4 is 15.8 Å². The van der Waals surface area contributed by atoms with Crippen LogP contribution in [0.5, 0.6) is 0 Å². The average Bonchev–Trinajstić information content (AvgIpc) is 2.84. The van der Waals surface area contributed by atoms with Crippen molar-refractivity contribution in [3.8, 4) is 11.4 Å². The number of nitrogens with one attached hydrogen (secondary N) is 2. The molecule has 8 nitrogen and oxygen atoms in total. The summed E-state index contributed by atoms with van der Waals surface area (Å²) in [5.41, 5.74) is 3.86. The van der Waals surface area contributed by atoms with E-state index in [1.807, 2.05) is 30.3 Å². The highest BCUT2D eigenvalue weighted by atomic mass is 16.5. The summed E-state index contributed by atoms with van der Waals surface area (Å²) in [6.07, 6.45) is 1.79. The number of hydrogen-bond acceptors (Lipinski definition) is 7. The van der Waals surface area contributed by atoms with Gasteiger partial charge in [-0.2, -0.15) is 0 Å². The lowest BCUT2D eigenvalue weighted by atomic mass is 10.1. The number of anilines is 3. The Morgan fingerprint density at radius 3 is 2.81 bits per heavy atom. The molecule has 0 aliphatic carbocycles. The first-order valence-corrected chi connectivity index (χ1v) is 11.1. The van der Waals surface area contributed by atoms with Gasteiger partial charge in [0.25, 0.3) is 0 Å². The van der Waals surface area contributed by atoms with Crippen molar-refractivity contribution in [2.24, 2.45) is 0 Å². The molecule has 166 valence electrons. The maximum Gasteiger partial charge on any atom is 0.249 e. The fourth-order valence-corrected chi connectivity index (χ4v) is 4.23.